The Morgan fingerprint density at radius 3 is 2.49 bits per heavy atom. The van der Waals surface area contributed by atoms with Crippen molar-refractivity contribution in [2.45, 2.75) is 57.1 Å². The predicted octanol–water partition coefficient (Wildman–Crippen LogP) is 4.05. The Hall–Kier alpha value is -3.34. The van der Waals surface area contributed by atoms with Gasteiger partial charge in [-0.05, 0) is 63.2 Å². The van der Waals surface area contributed by atoms with Crippen LogP contribution in [0.3, 0.4) is 0 Å². The predicted molar refractivity (Wildman–Crippen MR) is 130 cm³/mol. The second kappa shape index (κ2) is 10.5. The van der Waals surface area contributed by atoms with Crippen LogP contribution in [0.2, 0.25) is 0 Å². The summed E-state index contributed by atoms with van der Waals surface area (Å²) in [6, 6.07) is 9.16. The van der Waals surface area contributed by atoms with Gasteiger partial charge in [-0.1, -0.05) is 6.92 Å². The van der Waals surface area contributed by atoms with Gasteiger partial charge in [0.2, 0.25) is 5.91 Å². The van der Waals surface area contributed by atoms with Crippen molar-refractivity contribution in [3.8, 4) is 5.75 Å². The smallest absolute Gasteiger partial charge is 0.412 e. The number of anilines is 2. The minimum Gasteiger partial charge on any atom is -0.486 e. The van der Waals surface area contributed by atoms with Crippen LogP contribution in [-0.2, 0) is 19.6 Å². The van der Waals surface area contributed by atoms with E-state index in [2.05, 4.69) is 10.6 Å². The molecule has 2 N–H and O–H groups in total. The molecule has 0 bridgehead atoms. The van der Waals surface area contributed by atoms with Crippen molar-refractivity contribution in [1.29, 1.82) is 0 Å². The zero-order valence-corrected chi connectivity index (χ0v) is 20.9. The van der Waals surface area contributed by atoms with Gasteiger partial charge < -0.3 is 14.8 Å². The van der Waals surface area contributed by atoms with E-state index in [1.807, 2.05) is 0 Å². The van der Waals surface area contributed by atoms with Crippen LogP contribution in [0.4, 0.5) is 20.6 Å². The molecule has 9 nitrogen and oxygen atoms in total. The summed E-state index contributed by atoms with van der Waals surface area (Å²) in [5.41, 5.74) is -0.175. The van der Waals surface area contributed by atoms with Crippen molar-refractivity contribution in [3.63, 3.8) is 0 Å². The maximum absolute atomic E-state index is 13.5. The first kappa shape index (κ1) is 26.3. The van der Waals surface area contributed by atoms with Crippen LogP contribution < -0.4 is 19.7 Å². The molecule has 0 fully saturated rings. The molecule has 1 aliphatic heterocycles. The molecule has 0 radical (unpaired) electrons. The number of fused-ring (bicyclic) bond motifs is 1. The van der Waals surface area contributed by atoms with Crippen LogP contribution >= 0.6 is 0 Å². The number of rotatable bonds is 7. The summed E-state index contributed by atoms with van der Waals surface area (Å²) in [7, 11) is -4.09. The molecule has 1 heterocycles. The number of hydrogen-bond acceptors (Lipinski definition) is 6. The van der Waals surface area contributed by atoms with E-state index in [0.29, 0.717) is 30.8 Å². The number of carbonyl (C=O) groups excluding carboxylic acids is 2. The number of nitrogens with zero attached hydrogens (tertiary/aromatic N) is 1. The number of halogens is 1. The minimum atomic E-state index is -4.09. The zero-order valence-electron chi connectivity index (χ0n) is 20.1. The normalized spacial score (nSPS) is 15.6. The van der Waals surface area contributed by atoms with Gasteiger partial charge in [0.1, 0.15) is 23.3 Å². The summed E-state index contributed by atoms with van der Waals surface area (Å²) in [5, 5.41) is 5.35. The van der Waals surface area contributed by atoms with Crippen molar-refractivity contribution >= 4 is 33.4 Å². The highest BCUT2D eigenvalue weighted by Crippen LogP contribution is 2.39. The molecule has 0 saturated carbocycles. The quantitative estimate of drug-likeness (QED) is 0.585. The molecule has 3 rings (SSSR count). The third-order valence-corrected chi connectivity index (χ3v) is 6.84. The standard InChI is InChI=1S/C24H30FN3O6S/c1-5-22(29)26-13-12-18-15-28(35(31,32)19-9-6-16(25)7-10-19)20-14-17(8-11-21(20)33-18)27-23(30)34-24(2,3)4/h6-11,14,18H,5,12-13,15H2,1-4H3,(H,26,29)(H,27,30)/t18-/m0/s1. The average molecular weight is 508 g/mol. The SMILES string of the molecule is CCC(=O)NCC[C@H]1CN(S(=O)(=O)c2ccc(F)cc2)c2cc(NC(=O)OC(C)(C)C)ccc2O1. The van der Waals surface area contributed by atoms with E-state index < -0.39 is 33.6 Å². The number of hydrogen-bond donors (Lipinski definition) is 2. The molecule has 0 unspecified atom stereocenters. The van der Waals surface area contributed by atoms with Gasteiger partial charge in [0.05, 0.1) is 17.1 Å². The lowest BCUT2D eigenvalue weighted by Crippen LogP contribution is -2.44. The topological polar surface area (TPSA) is 114 Å². The highest BCUT2D eigenvalue weighted by Gasteiger charge is 2.35. The molecule has 2 amide bonds. The lowest BCUT2D eigenvalue weighted by atomic mass is 10.1. The summed E-state index contributed by atoms with van der Waals surface area (Å²) < 4.78 is 52.9. The minimum absolute atomic E-state index is 0.0371. The lowest BCUT2D eigenvalue weighted by molar-refractivity contribution is -0.120. The fraction of sp³-hybridized carbons (Fsp3) is 0.417. The third kappa shape index (κ3) is 6.84. The Balaban J connectivity index is 1.92. The Morgan fingerprint density at radius 1 is 1.17 bits per heavy atom. The van der Waals surface area contributed by atoms with E-state index in [1.165, 1.54) is 22.5 Å². The van der Waals surface area contributed by atoms with Crippen molar-refractivity contribution in [1.82, 2.24) is 5.32 Å². The fourth-order valence-electron chi connectivity index (χ4n) is 3.42. The summed E-state index contributed by atoms with van der Waals surface area (Å²) in [4.78, 5) is 23.7. The van der Waals surface area contributed by atoms with Crippen LogP contribution in [0.1, 0.15) is 40.5 Å². The molecule has 2 aromatic carbocycles. The highest BCUT2D eigenvalue weighted by molar-refractivity contribution is 7.92. The lowest BCUT2D eigenvalue weighted by Gasteiger charge is -2.36. The molecule has 2 aromatic rings. The van der Waals surface area contributed by atoms with Crippen LogP contribution in [-0.4, -0.2) is 45.2 Å². The van der Waals surface area contributed by atoms with Gasteiger partial charge in [-0.3, -0.25) is 14.4 Å². The van der Waals surface area contributed by atoms with Gasteiger partial charge in [0, 0.05) is 25.1 Å². The first-order valence-corrected chi connectivity index (χ1v) is 12.7. The molecular formula is C24H30FN3O6S. The summed E-state index contributed by atoms with van der Waals surface area (Å²) in [6.45, 7) is 7.21. The Bertz CT molecular complexity index is 1180. The van der Waals surface area contributed by atoms with Crippen molar-refractivity contribution in [2.75, 3.05) is 22.7 Å². The van der Waals surface area contributed by atoms with Gasteiger partial charge in [-0.25, -0.2) is 17.6 Å². The van der Waals surface area contributed by atoms with E-state index in [9.17, 15) is 22.4 Å². The molecule has 11 heteroatoms. The summed E-state index contributed by atoms with van der Waals surface area (Å²) >= 11 is 0. The maximum atomic E-state index is 13.5. The Kier molecular flexibility index (Phi) is 7.89. The maximum Gasteiger partial charge on any atom is 0.412 e. The van der Waals surface area contributed by atoms with Crippen LogP contribution in [0.25, 0.3) is 0 Å². The highest BCUT2D eigenvalue weighted by atomic mass is 32.2. The number of sulfonamides is 1. The molecule has 190 valence electrons. The molecular weight excluding hydrogens is 477 g/mol. The van der Waals surface area contributed by atoms with E-state index in [-0.39, 0.29) is 23.0 Å². The summed E-state index contributed by atoms with van der Waals surface area (Å²) in [5.74, 6) is -0.377. The second-order valence-electron chi connectivity index (χ2n) is 9.03. The number of benzene rings is 2. The van der Waals surface area contributed by atoms with E-state index in [0.717, 1.165) is 12.1 Å². The summed E-state index contributed by atoms with van der Waals surface area (Å²) in [6.07, 6.45) is -0.517. The van der Waals surface area contributed by atoms with Crippen molar-refractivity contribution in [3.05, 3.63) is 48.3 Å². The third-order valence-electron chi connectivity index (χ3n) is 5.05. The molecule has 35 heavy (non-hydrogen) atoms. The molecule has 1 atom stereocenters. The molecule has 1 aliphatic rings. The largest absolute Gasteiger partial charge is 0.486 e. The van der Waals surface area contributed by atoms with Gasteiger partial charge in [0.15, 0.2) is 0 Å². The van der Waals surface area contributed by atoms with E-state index in [1.54, 1.807) is 39.8 Å². The number of ether oxygens (including phenoxy) is 2. The molecule has 0 aliphatic carbocycles. The second-order valence-corrected chi connectivity index (χ2v) is 10.9. The van der Waals surface area contributed by atoms with Crippen LogP contribution in [0.5, 0.6) is 5.75 Å². The van der Waals surface area contributed by atoms with Gasteiger partial charge in [-0.15, -0.1) is 0 Å². The van der Waals surface area contributed by atoms with Crippen LogP contribution in [0, 0.1) is 5.82 Å². The Labute approximate surface area is 204 Å². The molecule has 0 saturated heterocycles. The van der Waals surface area contributed by atoms with E-state index >= 15 is 0 Å². The average Bonchev–Trinajstić information content (AvgIpc) is 2.77. The van der Waals surface area contributed by atoms with Gasteiger partial charge >= 0.3 is 6.09 Å². The van der Waals surface area contributed by atoms with Crippen molar-refractivity contribution in [2.24, 2.45) is 0 Å². The first-order chi connectivity index (χ1) is 16.4. The number of amides is 2. The number of carbonyl (C=O) groups is 2. The van der Waals surface area contributed by atoms with E-state index in [4.69, 9.17) is 9.47 Å². The number of nitrogens with one attached hydrogen (secondary N) is 2. The Morgan fingerprint density at radius 2 is 1.86 bits per heavy atom. The monoisotopic (exact) mass is 507 g/mol. The zero-order chi connectivity index (χ0) is 25.8. The van der Waals surface area contributed by atoms with Gasteiger partial charge in [-0.2, -0.15) is 0 Å². The molecule has 0 spiro atoms. The fourth-order valence-corrected chi connectivity index (χ4v) is 4.92. The van der Waals surface area contributed by atoms with Gasteiger partial charge in [0.25, 0.3) is 10.0 Å². The molecule has 0 aromatic heterocycles. The van der Waals surface area contributed by atoms with Crippen LogP contribution in [0.15, 0.2) is 47.4 Å². The van der Waals surface area contributed by atoms with Crippen molar-refractivity contribution < 1.29 is 31.9 Å². The first-order valence-electron chi connectivity index (χ1n) is 11.2.